The Kier molecular flexibility index (Phi) is 3.98. The lowest BCUT2D eigenvalue weighted by atomic mass is 10.0. The van der Waals surface area contributed by atoms with E-state index in [0.29, 0.717) is 22.6 Å². The number of rotatable bonds is 3. The molecule has 0 fully saturated rings. The fourth-order valence-corrected chi connectivity index (χ4v) is 1.90. The minimum absolute atomic E-state index is 0.308. The van der Waals surface area contributed by atoms with E-state index in [1.807, 2.05) is 0 Å². The first-order valence-electron chi connectivity index (χ1n) is 5.96. The number of aryl methyl sites for hydroxylation is 1. The second-order valence-corrected chi connectivity index (χ2v) is 4.18. The summed E-state index contributed by atoms with van der Waals surface area (Å²) in [6.45, 7) is 1.81. The number of aromatic nitrogens is 1. The fourth-order valence-electron chi connectivity index (χ4n) is 1.90. The lowest BCUT2D eigenvalue weighted by molar-refractivity contribution is 0.0601. The van der Waals surface area contributed by atoms with Crippen molar-refractivity contribution in [1.29, 1.82) is 0 Å². The van der Waals surface area contributed by atoms with E-state index in [1.165, 1.54) is 32.4 Å². The second-order valence-electron chi connectivity index (χ2n) is 4.18. The molecule has 0 bridgehead atoms. The number of pyridine rings is 1. The van der Waals surface area contributed by atoms with Crippen LogP contribution in [0.2, 0.25) is 0 Å². The molecule has 0 N–H and O–H groups in total. The van der Waals surface area contributed by atoms with Crippen molar-refractivity contribution in [2.24, 2.45) is 0 Å². The van der Waals surface area contributed by atoms with Gasteiger partial charge in [0.15, 0.2) is 0 Å². The maximum atomic E-state index is 13.3. The summed E-state index contributed by atoms with van der Waals surface area (Å²) in [7, 11) is 2.74. The molecule has 0 aliphatic rings. The molecule has 0 atom stereocenters. The highest BCUT2D eigenvalue weighted by Gasteiger charge is 2.18. The van der Waals surface area contributed by atoms with Crippen LogP contribution >= 0.6 is 0 Å². The molecule has 2 aromatic rings. The Bertz CT molecular complexity index is 656. The van der Waals surface area contributed by atoms with Crippen LogP contribution in [0.4, 0.5) is 4.39 Å². The second kappa shape index (κ2) is 5.69. The topological polar surface area (TPSA) is 48.4 Å². The molecule has 1 aromatic heterocycles. The molecule has 104 valence electrons. The van der Waals surface area contributed by atoms with Gasteiger partial charge in [-0.1, -0.05) is 0 Å². The Balaban J connectivity index is 2.68. The molecule has 0 saturated carbocycles. The number of hydrogen-bond acceptors (Lipinski definition) is 4. The number of ether oxygens (including phenoxy) is 2. The Morgan fingerprint density at radius 3 is 2.60 bits per heavy atom. The van der Waals surface area contributed by atoms with Gasteiger partial charge in [0.05, 0.1) is 25.5 Å². The molecule has 0 radical (unpaired) electrons. The molecule has 0 aliphatic carbocycles. The van der Waals surface area contributed by atoms with Crippen LogP contribution in [0.15, 0.2) is 30.3 Å². The molecule has 1 heterocycles. The van der Waals surface area contributed by atoms with Gasteiger partial charge in [-0.3, -0.25) is 4.98 Å². The normalized spacial score (nSPS) is 10.2. The average molecular weight is 275 g/mol. The smallest absolute Gasteiger partial charge is 0.340 e. The third-order valence-corrected chi connectivity index (χ3v) is 2.86. The minimum Gasteiger partial charge on any atom is -0.496 e. The van der Waals surface area contributed by atoms with Crippen molar-refractivity contribution < 1.29 is 18.7 Å². The maximum Gasteiger partial charge on any atom is 0.340 e. The van der Waals surface area contributed by atoms with Gasteiger partial charge in [0.2, 0.25) is 0 Å². The van der Waals surface area contributed by atoms with Crippen LogP contribution in [0.3, 0.4) is 0 Å². The summed E-state index contributed by atoms with van der Waals surface area (Å²) < 4.78 is 23.2. The number of carbonyl (C=O) groups excluding carboxylic acids is 1. The van der Waals surface area contributed by atoms with Crippen molar-refractivity contribution in [2.45, 2.75) is 6.92 Å². The van der Waals surface area contributed by atoms with Crippen LogP contribution in [0.1, 0.15) is 16.1 Å². The number of carbonyl (C=O) groups is 1. The molecular formula is C15H14FNO3. The Labute approximate surface area is 116 Å². The van der Waals surface area contributed by atoms with Gasteiger partial charge >= 0.3 is 5.97 Å². The van der Waals surface area contributed by atoms with Crippen molar-refractivity contribution in [3.05, 3.63) is 47.4 Å². The Hall–Kier alpha value is -2.43. The van der Waals surface area contributed by atoms with Gasteiger partial charge < -0.3 is 9.47 Å². The number of hydrogen-bond donors (Lipinski definition) is 0. The zero-order valence-corrected chi connectivity index (χ0v) is 11.4. The van der Waals surface area contributed by atoms with Gasteiger partial charge in [-0.25, -0.2) is 9.18 Å². The monoisotopic (exact) mass is 275 g/mol. The lowest BCUT2D eigenvalue weighted by Crippen LogP contribution is -2.06. The van der Waals surface area contributed by atoms with Crippen LogP contribution < -0.4 is 4.74 Å². The number of halogens is 1. The largest absolute Gasteiger partial charge is 0.496 e. The number of methoxy groups -OCH3 is 2. The van der Waals surface area contributed by atoms with Crippen molar-refractivity contribution in [3.63, 3.8) is 0 Å². The summed E-state index contributed by atoms with van der Waals surface area (Å²) in [6.07, 6.45) is 0. The van der Waals surface area contributed by atoms with Crippen molar-refractivity contribution in [2.75, 3.05) is 14.2 Å². The van der Waals surface area contributed by atoms with Gasteiger partial charge in [-0.15, -0.1) is 0 Å². The van der Waals surface area contributed by atoms with Crippen molar-refractivity contribution >= 4 is 5.97 Å². The lowest BCUT2D eigenvalue weighted by Gasteiger charge is -2.12. The Morgan fingerprint density at radius 2 is 1.95 bits per heavy atom. The van der Waals surface area contributed by atoms with Crippen LogP contribution in [0, 0.1) is 12.7 Å². The molecule has 1 aromatic carbocycles. The third-order valence-electron chi connectivity index (χ3n) is 2.86. The molecule has 0 spiro atoms. The van der Waals surface area contributed by atoms with Gasteiger partial charge in [0.1, 0.15) is 11.6 Å². The molecule has 0 amide bonds. The molecular weight excluding hydrogens is 261 g/mol. The summed E-state index contributed by atoms with van der Waals surface area (Å²) in [5, 5.41) is 0. The first-order chi connectivity index (χ1) is 9.56. The van der Waals surface area contributed by atoms with E-state index in [-0.39, 0.29) is 0 Å². The highest BCUT2D eigenvalue weighted by Crippen LogP contribution is 2.32. The van der Waals surface area contributed by atoms with Gasteiger partial charge in [0.25, 0.3) is 0 Å². The first-order valence-corrected chi connectivity index (χ1v) is 5.96. The summed E-state index contributed by atoms with van der Waals surface area (Å²) in [5.74, 6) is -0.606. The molecule has 0 aliphatic heterocycles. The quantitative estimate of drug-likeness (QED) is 0.808. The predicted molar refractivity (Wildman–Crippen MR) is 72.3 cm³/mol. The van der Waals surface area contributed by atoms with Gasteiger partial charge in [-0.2, -0.15) is 0 Å². The van der Waals surface area contributed by atoms with E-state index in [0.717, 1.165) is 5.69 Å². The number of benzene rings is 1. The van der Waals surface area contributed by atoms with Crippen LogP contribution in [-0.2, 0) is 4.74 Å². The average Bonchev–Trinajstić information content (AvgIpc) is 2.46. The van der Waals surface area contributed by atoms with Gasteiger partial charge in [-0.05, 0) is 31.2 Å². The third kappa shape index (κ3) is 2.61. The highest BCUT2D eigenvalue weighted by molar-refractivity contribution is 5.96. The summed E-state index contributed by atoms with van der Waals surface area (Å²) in [4.78, 5) is 16.2. The standard InChI is InChI=1S/C15H14FNO3/c1-9-4-6-12(15(18)20-3)14(17-9)11-7-5-10(16)8-13(11)19-2/h4-8H,1-3H3. The van der Waals surface area contributed by atoms with Crippen molar-refractivity contribution in [1.82, 2.24) is 4.98 Å². The van der Waals surface area contributed by atoms with Crippen LogP contribution in [0.25, 0.3) is 11.3 Å². The molecule has 20 heavy (non-hydrogen) atoms. The minimum atomic E-state index is -0.501. The van der Waals surface area contributed by atoms with E-state index in [1.54, 1.807) is 19.1 Å². The summed E-state index contributed by atoms with van der Waals surface area (Å²) >= 11 is 0. The Morgan fingerprint density at radius 1 is 1.20 bits per heavy atom. The molecule has 0 unspecified atom stereocenters. The first kappa shape index (κ1) is 14.0. The van der Waals surface area contributed by atoms with Crippen LogP contribution in [0.5, 0.6) is 5.75 Å². The SMILES string of the molecule is COC(=O)c1ccc(C)nc1-c1ccc(F)cc1OC. The zero-order valence-electron chi connectivity index (χ0n) is 11.4. The zero-order chi connectivity index (χ0) is 14.7. The van der Waals surface area contributed by atoms with Gasteiger partial charge in [0, 0.05) is 17.3 Å². The number of esters is 1. The van der Waals surface area contributed by atoms with E-state index < -0.39 is 11.8 Å². The molecule has 0 saturated heterocycles. The molecule has 5 heteroatoms. The summed E-state index contributed by atoms with van der Waals surface area (Å²) in [5.41, 5.74) is 1.99. The number of nitrogens with zero attached hydrogens (tertiary/aromatic N) is 1. The molecule has 2 rings (SSSR count). The maximum absolute atomic E-state index is 13.3. The van der Waals surface area contributed by atoms with Crippen molar-refractivity contribution in [3.8, 4) is 17.0 Å². The fraction of sp³-hybridized carbons (Fsp3) is 0.200. The predicted octanol–water partition coefficient (Wildman–Crippen LogP) is 2.99. The summed E-state index contributed by atoms with van der Waals surface area (Å²) in [6, 6.07) is 7.42. The van der Waals surface area contributed by atoms with E-state index in [2.05, 4.69) is 4.98 Å². The highest BCUT2D eigenvalue weighted by atomic mass is 19.1. The van der Waals surface area contributed by atoms with E-state index >= 15 is 0 Å². The van der Waals surface area contributed by atoms with E-state index in [4.69, 9.17) is 9.47 Å². The van der Waals surface area contributed by atoms with E-state index in [9.17, 15) is 9.18 Å². The van der Waals surface area contributed by atoms with Crippen LogP contribution in [-0.4, -0.2) is 25.2 Å². The molecule has 4 nitrogen and oxygen atoms in total.